The van der Waals surface area contributed by atoms with Gasteiger partial charge in [-0.1, -0.05) is 23.7 Å². The lowest BCUT2D eigenvalue weighted by molar-refractivity contribution is -0.137. The molecule has 0 spiro atoms. The summed E-state index contributed by atoms with van der Waals surface area (Å²) in [6.07, 6.45) is 4.14. The first kappa shape index (κ1) is 27.3. The molecule has 0 saturated carbocycles. The van der Waals surface area contributed by atoms with Crippen LogP contribution >= 0.6 is 11.6 Å². The molecule has 42 heavy (non-hydrogen) atoms. The van der Waals surface area contributed by atoms with E-state index < -0.39 is 17.8 Å². The molecule has 0 atom stereocenters. The fourth-order valence-corrected chi connectivity index (χ4v) is 4.73. The zero-order chi connectivity index (χ0) is 29.3. The van der Waals surface area contributed by atoms with Gasteiger partial charge in [-0.2, -0.15) is 18.3 Å². The number of anilines is 3. The van der Waals surface area contributed by atoms with Crippen molar-refractivity contribution >= 4 is 40.5 Å². The van der Waals surface area contributed by atoms with Crippen LogP contribution in [-0.4, -0.2) is 43.7 Å². The van der Waals surface area contributed by atoms with Crippen LogP contribution in [0.4, 0.5) is 35.2 Å². The highest BCUT2D eigenvalue weighted by molar-refractivity contribution is 6.33. The molecule has 5 aromatic rings. The van der Waals surface area contributed by atoms with E-state index in [1.165, 1.54) is 25.2 Å². The number of ether oxygens (including phenoxy) is 1. The molecular formula is C28H22ClF3N8O2. The van der Waals surface area contributed by atoms with Crippen LogP contribution in [0.2, 0.25) is 5.02 Å². The molecule has 0 unspecified atom stereocenters. The minimum atomic E-state index is -4.54. The Morgan fingerprint density at radius 2 is 1.69 bits per heavy atom. The monoisotopic (exact) mass is 594 g/mol. The van der Waals surface area contributed by atoms with Gasteiger partial charge in [0.1, 0.15) is 11.6 Å². The Labute approximate surface area is 242 Å². The van der Waals surface area contributed by atoms with Crippen LogP contribution in [0.15, 0.2) is 73.3 Å². The molecule has 2 N–H and O–H groups in total. The summed E-state index contributed by atoms with van der Waals surface area (Å²) in [6, 6.07) is 11.3. The summed E-state index contributed by atoms with van der Waals surface area (Å²) < 4.78 is 45.9. The van der Waals surface area contributed by atoms with Gasteiger partial charge >= 0.3 is 18.2 Å². The van der Waals surface area contributed by atoms with Crippen molar-refractivity contribution in [2.24, 2.45) is 0 Å². The lowest BCUT2D eigenvalue weighted by atomic mass is 10.1. The zero-order valence-corrected chi connectivity index (χ0v) is 22.5. The van der Waals surface area contributed by atoms with Crippen molar-refractivity contribution in [2.45, 2.75) is 19.0 Å². The van der Waals surface area contributed by atoms with Crippen LogP contribution in [0.25, 0.3) is 16.8 Å². The molecular weight excluding hydrogens is 573 g/mol. The number of rotatable bonds is 6. The van der Waals surface area contributed by atoms with Crippen molar-refractivity contribution < 1.29 is 22.7 Å². The van der Waals surface area contributed by atoms with Gasteiger partial charge in [0.05, 0.1) is 40.6 Å². The van der Waals surface area contributed by atoms with E-state index in [1.54, 1.807) is 22.8 Å². The summed E-state index contributed by atoms with van der Waals surface area (Å²) in [5, 5.41) is 9.04. The highest BCUT2D eigenvalue weighted by atomic mass is 35.5. The van der Waals surface area contributed by atoms with E-state index in [1.807, 2.05) is 24.4 Å². The van der Waals surface area contributed by atoms with Crippen molar-refractivity contribution in [1.29, 1.82) is 0 Å². The fraction of sp³-hybridized carbons (Fsp3) is 0.179. The molecule has 2 aromatic carbocycles. The van der Waals surface area contributed by atoms with Gasteiger partial charge in [-0.3, -0.25) is 0 Å². The summed E-state index contributed by atoms with van der Waals surface area (Å²) >= 11 is 5.88. The van der Waals surface area contributed by atoms with Crippen molar-refractivity contribution in [3.05, 3.63) is 83.9 Å². The second-order valence-corrected chi connectivity index (χ2v) is 9.87. The maximum atomic E-state index is 12.8. The lowest BCUT2D eigenvalue weighted by Gasteiger charge is -2.16. The number of amides is 2. The molecule has 1 aliphatic heterocycles. The van der Waals surface area contributed by atoms with Gasteiger partial charge in [-0.15, -0.1) is 0 Å². The minimum absolute atomic E-state index is 0.0124. The average molecular weight is 595 g/mol. The van der Waals surface area contributed by atoms with Crippen LogP contribution in [0, 0.1) is 0 Å². The van der Waals surface area contributed by atoms with Gasteiger partial charge in [0, 0.05) is 24.8 Å². The van der Waals surface area contributed by atoms with E-state index in [9.17, 15) is 18.0 Å². The van der Waals surface area contributed by atoms with Gasteiger partial charge in [0.2, 0.25) is 0 Å². The molecule has 10 nitrogen and oxygen atoms in total. The second kappa shape index (κ2) is 11.2. The number of nitrogens with one attached hydrogen (secondary N) is 2. The number of aromatic nitrogens is 5. The standard InChI is InChI=1S/C28H22ClF3N8O2/c29-22-13-18(28(30,31)32)5-8-23(22)37-26(41)36-19-14-33-27(34-15-19)42-20-6-3-17(4-7-20)21-16-35-40-12-9-24(38-25(21)40)39-10-1-2-11-39/h3-9,12-16H,1-2,10-11H2,(H2,36,37,41). The molecule has 3 aromatic heterocycles. The summed E-state index contributed by atoms with van der Waals surface area (Å²) in [7, 11) is 0. The van der Waals surface area contributed by atoms with Crippen LogP contribution in [0.3, 0.4) is 0 Å². The van der Waals surface area contributed by atoms with E-state index in [-0.39, 0.29) is 22.4 Å². The number of hydrogen-bond acceptors (Lipinski definition) is 7. The number of alkyl halides is 3. The minimum Gasteiger partial charge on any atom is -0.424 e. The maximum absolute atomic E-state index is 12.8. The van der Waals surface area contributed by atoms with Gasteiger partial charge in [0.15, 0.2) is 5.65 Å². The normalized spacial score (nSPS) is 13.4. The van der Waals surface area contributed by atoms with Gasteiger partial charge in [-0.25, -0.2) is 24.3 Å². The first-order valence-corrected chi connectivity index (χ1v) is 13.3. The van der Waals surface area contributed by atoms with Crippen molar-refractivity contribution in [2.75, 3.05) is 28.6 Å². The quantitative estimate of drug-likeness (QED) is 0.220. The number of benzene rings is 2. The van der Waals surface area contributed by atoms with Crippen molar-refractivity contribution in [3.63, 3.8) is 0 Å². The smallest absolute Gasteiger partial charge is 0.416 e. The molecule has 0 radical (unpaired) electrons. The van der Waals surface area contributed by atoms with Crippen LogP contribution < -0.4 is 20.3 Å². The highest BCUT2D eigenvalue weighted by Gasteiger charge is 2.31. The number of urea groups is 1. The number of carbonyl (C=O) groups excluding carboxylic acids is 1. The van der Waals surface area contributed by atoms with Crippen LogP contribution in [0.1, 0.15) is 18.4 Å². The zero-order valence-electron chi connectivity index (χ0n) is 21.8. The number of hydrogen-bond donors (Lipinski definition) is 2. The third-order valence-corrected chi connectivity index (χ3v) is 6.90. The molecule has 0 aliphatic carbocycles. The largest absolute Gasteiger partial charge is 0.424 e. The van der Waals surface area contributed by atoms with Crippen LogP contribution in [0.5, 0.6) is 11.8 Å². The third-order valence-electron chi connectivity index (χ3n) is 6.59. The Kier molecular flexibility index (Phi) is 7.25. The van der Waals surface area contributed by atoms with E-state index in [4.69, 9.17) is 21.3 Å². The average Bonchev–Trinajstić information content (AvgIpc) is 3.65. The van der Waals surface area contributed by atoms with E-state index in [0.29, 0.717) is 5.75 Å². The summed E-state index contributed by atoms with van der Waals surface area (Å²) in [5.74, 6) is 1.44. The van der Waals surface area contributed by atoms with Crippen LogP contribution in [-0.2, 0) is 6.18 Å². The van der Waals surface area contributed by atoms with Crippen molar-refractivity contribution in [1.82, 2.24) is 24.6 Å². The number of fused-ring (bicyclic) bond motifs is 1. The summed E-state index contributed by atoms with van der Waals surface area (Å²) in [6.45, 7) is 2.01. The predicted molar refractivity (Wildman–Crippen MR) is 151 cm³/mol. The lowest BCUT2D eigenvalue weighted by Crippen LogP contribution is -2.20. The first-order chi connectivity index (χ1) is 20.2. The Morgan fingerprint density at radius 3 is 2.38 bits per heavy atom. The molecule has 6 rings (SSSR count). The van der Waals surface area contributed by atoms with Gasteiger partial charge < -0.3 is 20.3 Å². The molecule has 4 heterocycles. The Morgan fingerprint density at radius 1 is 0.952 bits per heavy atom. The number of halogens is 4. The fourth-order valence-electron chi connectivity index (χ4n) is 4.50. The molecule has 1 fully saturated rings. The van der Waals surface area contributed by atoms with E-state index in [2.05, 4.69) is 30.6 Å². The summed E-state index contributed by atoms with van der Waals surface area (Å²) in [4.78, 5) is 27.6. The van der Waals surface area contributed by atoms with Gasteiger partial charge in [-0.05, 0) is 54.8 Å². The molecule has 0 bridgehead atoms. The Balaban J connectivity index is 1.08. The molecule has 1 aliphatic rings. The van der Waals surface area contributed by atoms with E-state index >= 15 is 0 Å². The topological polar surface area (TPSA) is 110 Å². The van der Waals surface area contributed by atoms with E-state index in [0.717, 1.165) is 53.9 Å². The molecule has 2 amide bonds. The molecule has 214 valence electrons. The summed E-state index contributed by atoms with van der Waals surface area (Å²) in [5.41, 5.74) is 1.90. The van der Waals surface area contributed by atoms with Gasteiger partial charge in [0.25, 0.3) is 0 Å². The Hall–Kier alpha value is -4.91. The molecule has 1 saturated heterocycles. The van der Waals surface area contributed by atoms with Crippen molar-refractivity contribution in [3.8, 4) is 22.9 Å². The SMILES string of the molecule is O=C(Nc1cnc(Oc2ccc(-c3cnn4ccc(N5CCCC5)nc34)cc2)nc1)Nc1ccc(C(F)(F)F)cc1Cl. The molecule has 14 heteroatoms. The highest BCUT2D eigenvalue weighted by Crippen LogP contribution is 2.34. The Bertz CT molecular complexity index is 1740. The number of nitrogens with zero attached hydrogens (tertiary/aromatic N) is 6. The maximum Gasteiger partial charge on any atom is 0.416 e. The predicted octanol–water partition coefficient (Wildman–Crippen LogP) is 6.90. The second-order valence-electron chi connectivity index (χ2n) is 9.46. The first-order valence-electron chi connectivity index (χ1n) is 12.9. The number of carbonyl (C=O) groups is 1. The third kappa shape index (κ3) is 5.91.